The summed E-state index contributed by atoms with van der Waals surface area (Å²) in [5.41, 5.74) is 0.605. The van der Waals surface area contributed by atoms with Crippen LogP contribution >= 0.6 is 11.6 Å². The van der Waals surface area contributed by atoms with Crippen molar-refractivity contribution in [2.45, 2.75) is 77.4 Å². The van der Waals surface area contributed by atoms with Crippen LogP contribution < -0.4 is 0 Å². The molecule has 5 rings (SSSR count). The summed E-state index contributed by atoms with van der Waals surface area (Å²) in [6.45, 7) is 5.07. The molecule has 1 aromatic heterocycles. The SMILES string of the molecule is CC12CC[C@](O)(C#CCl)CC1=CCC1[C@@H]2CC[C@]2(C)[C@@H](C(=O)Cn3nccn3)CC[C@@H]12. The maximum atomic E-state index is 13.2. The summed E-state index contributed by atoms with van der Waals surface area (Å²) in [5, 5.41) is 21.6. The Labute approximate surface area is 189 Å². The van der Waals surface area contributed by atoms with Gasteiger partial charge in [0.05, 0.1) is 12.4 Å². The highest BCUT2D eigenvalue weighted by molar-refractivity contribution is 6.30. The minimum Gasteiger partial charge on any atom is -0.377 e. The molecule has 0 aromatic carbocycles. The van der Waals surface area contributed by atoms with Crippen molar-refractivity contribution < 1.29 is 9.90 Å². The fraction of sp³-hybridized carbons (Fsp3) is 0.720. The van der Waals surface area contributed by atoms with Gasteiger partial charge in [-0.3, -0.25) is 4.79 Å². The van der Waals surface area contributed by atoms with E-state index >= 15 is 0 Å². The van der Waals surface area contributed by atoms with Gasteiger partial charge in [-0.15, -0.1) is 0 Å². The van der Waals surface area contributed by atoms with Crippen molar-refractivity contribution in [1.82, 2.24) is 15.0 Å². The van der Waals surface area contributed by atoms with Gasteiger partial charge < -0.3 is 5.11 Å². The van der Waals surface area contributed by atoms with E-state index in [1.807, 2.05) is 0 Å². The van der Waals surface area contributed by atoms with Gasteiger partial charge in [0.2, 0.25) is 0 Å². The van der Waals surface area contributed by atoms with Crippen molar-refractivity contribution in [3.8, 4) is 11.3 Å². The van der Waals surface area contributed by atoms with Crippen LogP contribution in [0.15, 0.2) is 24.0 Å². The van der Waals surface area contributed by atoms with E-state index in [-0.39, 0.29) is 23.3 Å². The molecule has 2 unspecified atom stereocenters. The molecular weight excluding hydrogens is 410 g/mol. The second kappa shape index (κ2) is 7.46. The number of fused-ring (bicyclic) bond motifs is 5. The molecule has 0 radical (unpaired) electrons. The van der Waals surface area contributed by atoms with Gasteiger partial charge in [-0.05, 0) is 85.1 Å². The van der Waals surface area contributed by atoms with Gasteiger partial charge in [-0.2, -0.15) is 15.0 Å². The second-order valence-corrected chi connectivity index (χ2v) is 11.1. The Morgan fingerprint density at radius 3 is 2.71 bits per heavy atom. The Balaban J connectivity index is 1.38. The molecule has 5 nitrogen and oxygen atoms in total. The summed E-state index contributed by atoms with van der Waals surface area (Å²) in [6, 6.07) is 0. The molecule has 7 atom stereocenters. The molecule has 1 N–H and O–H groups in total. The number of carbonyl (C=O) groups excluding carboxylic acids is 1. The number of allylic oxidation sites excluding steroid dienone is 1. The molecule has 0 spiro atoms. The largest absolute Gasteiger partial charge is 0.377 e. The minimum atomic E-state index is -0.978. The number of nitrogens with zero attached hydrogens (tertiary/aromatic N) is 3. The Kier molecular flexibility index (Phi) is 5.10. The molecule has 3 saturated carbocycles. The molecule has 0 amide bonds. The third kappa shape index (κ3) is 3.29. The number of hydrogen-bond donors (Lipinski definition) is 1. The van der Waals surface area contributed by atoms with Gasteiger partial charge in [0, 0.05) is 17.7 Å². The van der Waals surface area contributed by atoms with Crippen LogP contribution in [0.25, 0.3) is 0 Å². The molecule has 6 heteroatoms. The fourth-order valence-electron chi connectivity index (χ4n) is 7.95. The quantitative estimate of drug-likeness (QED) is 0.559. The van der Waals surface area contributed by atoms with Gasteiger partial charge in [0.25, 0.3) is 0 Å². The Morgan fingerprint density at radius 2 is 1.97 bits per heavy atom. The van der Waals surface area contributed by atoms with Crippen LogP contribution in [0.1, 0.15) is 65.2 Å². The fourth-order valence-corrected chi connectivity index (χ4v) is 8.12. The van der Waals surface area contributed by atoms with Crippen molar-refractivity contribution in [2.75, 3.05) is 0 Å². The van der Waals surface area contributed by atoms with E-state index in [0.717, 1.165) is 38.5 Å². The highest BCUT2D eigenvalue weighted by atomic mass is 35.5. The highest BCUT2D eigenvalue weighted by Gasteiger charge is 2.60. The average molecular weight is 442 g/mol. The zero-order chi connectivity index (χ0) is 21.9. The first-order valence-corrected chi connectivity index (χ1v) is 12.1. The van der Waals surface area contributed by atoms with Crippen LogP contribution in [-0.2, 0) is 11.3 Å². The number of rotatable bonds is 3. The van der Waals surface area contributed by atoms with Crippen LogP contribution in [0.5, 0.6) is 0 Å². The molecule has 3 fully saturated rings. The van der Waals surface area contributed by atoms with Crippen molar-refractivity contribution >= 4 is 17.4 Å². The first kappa shape index (κ1) is 21.2. The van der Waals surface area contributed by atoms with E-state index in [2.05, 4.69) is 41.4 Å². The maximum absolute atomic E-state index is 13.2. The lowest BCUT2D eigenvalue weighted by Crippen LogP contribution is -2.52. The van der Waals surface area contributed by atoms with Gasteiger partial charge in [0.15, 0.2) is 5.78 Å². The van der Waals surface area contributed by atoms with Crippen LogP contribution in [0.3, 0.4) is 0 Å². The highest BCUT2D eigenvalue weighted by Crippen LogP contribution is 2.66. The molecule has 1 aromatic rings. The van der Waals surface area contributed by atoms with Crippen molar-refractivity contribution in [3.63, 3.8) is 0 Å². The maximum Gasteiger partial charge on any atom is 0.159 e. The van der Waals surface area contributed by atoms with Crippen LogP contribution in [0.2, 0.25) is 0 Å². The van der Waals surface area contributed by atoms with Crippen molar-refractivity contribution in [2.24, 2.45) is 34.5 Å². The Hall–Kier alpha value is -1.64. The number of halogens is 1. The van der Waals surface area contributed by atoms with E-state index in [9.17, 15) is 9.90 Å². The van der Waals surface area contributed by atoms with Crippen LogP contribution in [-0.4, -0.2) is 31.5 Å². The third-order valence-electron chi connectivity index (χ3n) is 9.60. The first-order chi connectivity index (χ1) is 14.8. The van der Waals surface area contributed by atoms with E-state index in [0.29, 0.717) is 36.4 Å². The summed E-state index contributed by atoms with van der Waals surface area (Å²) in [5.74, 6) is 5.08. The Bertz CT molecular complexity index is 963. The van der Waals surface area contributed by atoms with E-state index < -0.39 is 5.60 Å². The van der Waals surface area contributed by atoms with E-state index in [1.54, 1.807) is 12.4 Å². The third-order valence-corrected chi connectivity index (χ3v) is 9.69. The Morgan fingerprint density at radius 1 is 1.19 bits per heavy atom. The number of aliphatic hydroxyl groups is 1. The minimum absolute atomic E-state index is 0.0760. The zero-order valence-corrected chi connectivity index (χ0v) is 19.2. The lowest BCUT2D eigenvalue weighted by molar-refractivity contribution is -0.130. The standard InChI is InChI=1S/C25H32ClN3O2/c1-23-9-10-25(31,11-12-26)15-17(23)3-4-18-19-5-6-21(24(19,2)8-7-20(18)23)22(30)16-29-27-13-14-28-29/h3,13-14,18-21,31H,4-10,15-16H2,1-2H3/t18?,19-,20-,21+,23?,24-,25-/m0/s1. The summed E-state index contributed by atoms with van der Waals surface area (Å²) >= 11 is 5.63. The monoisotopic (exact) mass is 441 g/mol. The molecule has 1 heterocycles. The predicted molar refractivity (Wildman–Crippen MR) is 119 cm³/mol. The topological polar surface area (TPSA) is 68.0 Å². The number of Topliss-reactive ketones (excluding diaryl/α,β-unsaturated/α-hetero) is 1. The molecule has 0 aliphatic heterocycles. The molecule has 31 heavy (non-hydrogen) atoms. The van der Waals surface area contributed by atoms with Gasteiger partial charge >= 0.3 is 0 Å². The summed E-state index contributed by atoms with van der Waals surface area (Å²) in [7, 11) is 0. The average Bonchev–Trinajstić information content (AvgIpc) is 3.35. The lowest BCUT2D eigenvalue weighted by Gasteiger charge is -2.58. The molecule has 0 bridgehead atoms. The second-order valence-electron chi connectivity index (χ2n) is 10.9. The molecule has 166 valence electrons. The first-order valence-electron chi connectivity index (χ1n) is 11.7. The smallest absolute Gasteiger partial charge is 0.159 e. The summed E-state index contributed by atoms with van der Waals surface area (Å²) in [4.78, 5) is 14.7. The zero-order valence-electron chi connectivity index (χ0n) is 18.5. The number of carbonyl (C=O) groups is 1. The van der Waals surface area contributed by atoms with Gasteiger partial charge in [0.1, 0.15) is 12.1 Å². The summed E-state index contributed by atoms with van der Waals surface area (Å²) < 4.78 is 0. The molecule has 4 aliphatic rings. The number of ketones is 1. The predicted octanol–water partition coefficient (Wildman–Crippen LogP) is 4.36. The van der Waals surface area contributed by atoms with Crippen LogP contribution in [0, 0.1) is 45.8 Å². The van der Waals surface area contributed by atoms with Crippen LogP contribution in [0.4, 0.5) is 0 Å². The van der Waals surface area contributed by atoms with E-state index in [4.69, 9.17) is 11.6 Å². The van der Waals surface area contributed by atoms with Gasteiger partial charge in [-0.25, -0.2) is 0 Å². The number of aromatic nitrogens is 3. The molecular formula is C25H32ClN3O2. The normalized spacial score (nSPS) is 43.7. The van der Waals surface area contributed by atoms with Crippen molar-refractivity contribution in [3.05, 3.63) is 24.0 Å². The van der Waals surface area contributed by atoms with Crippen molar-refractivity contribution in [1.29, 1.82) is 0 Å². The van der Waals surface area contributed by atoms with E-state index in [1.165, 1.54) is 10.4 Å². The number of hydrogen-bond acceptors (Lipinski definition) is 4. The lowest BCUT2D eigenvalue weighted by atomic mass is 9.46. The molecule has 4 aliphatic carbocycles. The summed E-state index contributed by atoms with van der Waals surface area (Å²) in [6.07, 6.45) is 13.4. The molecule has 0 saturated heterocycles. The van der Waals surface area contributed by atoms with Gasteiger partial charge in [-0.1, -0.05) is 31.4 Å².